The lowest BCUT2D eigenvalue weighted by atomic mass is 9.99. The van der Waals surface area contributed by atoms with Gasteiger partial charge in [0.2, 0.25) is 5.91 Å². The summed E-state index contributed by atoms with van der Waals surface area (Å²) in [6.45, 7) is 1.96. The summed E-state index contributed by atoms with van der Waals surface area (Å²) in [5, 5.41) is 3.33. The number of anilines is 1. The van der Waals surface area contributed by atoms with E-state index in [4.69, 9.17) is 0 Å². The van der Waals surface area contributed by atoms with Gasteiger partial charge < -0.3 is 10.2 Å². The number of para-hydroxylation sites is 1. The summed E-state index contributed by atoms with van der Waals surface area (Å²) >= 11 is 0. The first-order valence-electron chi connectivity index (χ1n) is 5.97. The number of rotatable bonds is 1. The summed E-state index contributed by atoms with van der Waals surface area (Å²) in [5.74, 6) is 0.285. The van der Waals surface area contributed by atoms with Crippen LogP contribution in [-0.4, -0.2) is 25.0 Å². The number of nitrogens with one attached hydrogen (secondary N) is 1. The van der Waals surface area contributed by atoms with Crippen LogP contribution in [0.25, 0.3) is 0 Å². The zero-order valence-corrected chi connectivity index (χ0v) is 9.28. The molecule has 2 aliphatic rings. The molecule has 0 saturated carbocycles. The second kappa shape index (κ2) is 3.91. The average Bonchev–Trinajstić information content (AvgIpc) is 2.82. The predicted molar refractivity (Wildman–Crippen MR) is 63.5 cm³/mol. The first kappa shape index (κ1) is 9.85. The van der Waals surface area contributed by atoms with Gasteiger partial charge in [0, 0.05) is 18.7 Å². The van der Waals surface area contributed by atoms with Gasteiger partial charge in [0.05, 0.1) is 6.04 Å². The number of benzene rings is 1. The Kier molecular flexibility index (Phi) is 2.40. The van der Waals surface area contributed by atoms with Gasteiger partial charge in [-0.15, -0.1) is 0 Å². The van der Waals surface area contributed by atoms with Crippen molar-refractivity contribution in [2.75, 3.05) is 18.0 Å². The Morgan fingerprint density at radius 2 is 2.12 bits per heavy atom. The highest BCUT2D eigenvalue weighted by atomic mass is 16.2. The van der Waals surface area contributed by atoms with Gasteiger partial charge in [0.25, 0.3) is 0 Å². The van der Waals surface area contributed by atoms with E-state index in [1.165, 1.54) is 5.56 Å². The molecule has 0 aromatic heterocycles. The number of nitrogens with zero attached hydrogens (tertiary/aromatic N) is 1. The Balaban J connectivity index is 1.99. The molecule has 1 aromatic carbocycles. The van der Waals surface area contributed by atoms with E-state index >= 15 is 0 Å². The highest BCUT2D eigenvalue weighted by Crippen LogP contribution is 2.30. The van der Waals surface area contributed by atoms with Gasteiger partial charge in [-0.25, -0.2) is 0 Å². The van der Waals surface area contributed by atoms with E-state index in [9.17, 15) is 4.79 Å². The molecule has 3 rings (SSSR count). The highest BCUT2D eigenvalue weighted by molar-refractivity contribution is 5.97. The van der Waals surface area contributed by atoms with Crippen molar-refractivity contribution >= 4 is 11.6 Å². The lowest BCUT2D eigenvalue weighted by molar-refractivity contribution is -0.119. The minimum absolute atomic E-state index is 0.285. The summed E-state index contributed by atoms with van der Waals surface area (Å²) in [4.78, 5) is 14.1. The predicted octanol–water partition coefficient (Wildman–Crippen LogP) is 1.33. The molecule has 0 unspecified atom stereocenters. The summed E-state index contributed by atoms with van der Waals surface area (Å²) in [6, 6.07) is 8.64. The molecule has 1 aromatic rings. The van der Waals surface area contributed by atoms with E-state index in [-0.39, 0.29) is 5.91 Å². The number of fused-ring (bicyclic) bond motifs is 1. The van der Waals surface area contributed by atoms with Crippen molar-refractivity contribution in [2.24, 2.45) is 0 Å². The Hall–Kier alpha value is -1.35. The number of aryl methyl sites for hydroxylation is 1. The Morgan fingerprint density at radius 3 is 2.94 bits per heavy atom. The standard InChI is InChI=1S/C13H16N2O/c16-13-6-5-10-3-1-2-4-12(10)15(13)11-7-8-14-9-11/h1-4,11,14H,5-9H2/t11-/m1/s1. The minimum atomic E-state index is 0.285. The smallest absolute Gasteiger partial charge is 0.227 e. The van der Waals surface area contributed by atoms with Gasteiger partial charge in [0.15, 0.2) is 0 Å². The third kappa shape index (κ3) is 1.52. The van der Waals surface area contributed by atoms with E-state index < -0.39 is 0 Å². The summed E-state index contributed by atoms with van der Waals surface area (Å²) in [6.07, 6.45) is 2.62. The Morgan fingerprint density at radius 1 is 1.25 bits per heavy atom. The maximum atomic E-state index is 12.0. The normalized spacial score (nSPS) is 24.6. The Labute approximate surface area is 95.4 Å². The second-order valence-corrected chi connectivity index (χ2v) is 4.54. The number of carbonyl (C=O) groups is 1. The van der Waals surface area contributed by atoms with Crippen molar-refractivity contribution in [3.63, 3.8) is 0 Å². The fourth-order valence-corrected chi connectivity index (χ4v) is 2.71. The van der Waals surface area contributed by atoms with Crippen LogP contribution in [0.5, 0.6) is 0 Å². The number of amides is 1. The van der Waals surface area contributed by atoms with Gasteiger partial charge in [-0.3, -0.25) is 4.79 Å². The molecule has 1 atom stereocenters. The van der Waals surface area contributed by atoms with Crippen molar-refractivity contribution in [3.8, 4) is 0 Å². The molecule has 0 spiro atoms. The fraction of sp³-hybridized carbons (Fsp3) is 0.462. The molecular formula is C13H16N2O. The first-order valence-corrected chi connectivity index (χ1v) is 5.97. The first-order chi connectivity index (χ1) is 7.86. The lowest BCUT2D eigenvalue weighted by Gasteiger charge is -2.33. The SMILES string of the molecule is O=C1CCc2ccccc2N1[C@@H]1CCNC1. The molecule has 1 amide bonds. The average molecular weight is 216 g/mol. The lowest BCUT2D eigenvalue weighted by Crippen LogP contribution is -2.44. The summed E-state index contributed by atoms with van der Waals surface area (Å²) < 4.78 is 0. The van der Waals surface area contributed by atoms with Crippen molar-refractivity contribution in [1.29, 1.82) is 0 Å². The molecule has 0 bridgehead atoms. The largest absolute Gasteiger partial charge is 0.315 e. The highest BCUT2D eigenvalue weighted by Gasteiger charge is 2.31. The van der Waals surface area contributed by atoms with Crippen LogP contribution < -0.4 is 10.2 Å². The van der Waals surface area contributed by atoms with E-state index in [0.717, 1.165) is 31.6 Å². The van der Waals surface area contributed by atoms with Crippen LogP contribution in [0.3, 0.4) is 0 Å². The van der Waals surface area contributed by atoms with Crippen LogP contribution in [0.1, 0.15) is 18.4 Å². The number of carbonyl (C=O) groups excluding carboxylic acids is 1. The van der Waals surface area contributed by atoms with Crippen molar-refractivity contribution in [1.82, 2.24) is 5.32 Å². The fourth-order valence-electron chi connectivity index (χ4n) is 2.71. The van der Waals surface area contributed by atoms with Gasteiger partial charge in [0.1, 0.15) is 0 Å². The van der Waals surface area contributed by atoms with Crippen LogP contribution in [0, 0.1) is 0 Å². The molecule has 0 radical (unpaired) electrons. The zero-order valence-electron chi connectivity index (χ0n) is 9.28. The van der Waals surface area contributed by atoms with Crippen LogP contribution in [0.2, 0.25) is 0 Å². The van der Waals surface area contributed by atoms with Crippen LogP contribution in [-0.2, 0) is 11.2 Å². The van der Waals surface area contributed by atoms with Gasteiger partial charge in [-0.1, -0.05) is 18.2 Å². The van der Waals surface area contributed by atoms with Crippen molar-refractivity contribution in [3.05, 3.63) is 29.8 Å². The van der Waals surface area contributed by atoms with E-state index in [1.807, 2.05) is 11.0 Å². The summed E-state index contributed by atoms with van der Waals surface area (Å²) in [7, 11) is 0. The number of hydrogen-bond acceptors (Lipinski definition) is 2. The van der Waals surface area contributed by atoms with Crippen LogP contribution in [0.15, 0.2) is 24.3 Å². The molecule has 1 fully saturated rings. The van der Waals surface area contributed by atoms with Gasteiger partial charge in [-0.05, 0) is 31.0 Å². The monoisotopic (exact) mass is 216 g/mol. The van der Waals surface area contributed by atoms with Gasteiger partial charge in [-0.2, -0.15) is 0 Å². The molecule has 16 heavy (non-hydrogen) atoms. The molecule has 2 heterocycles. The molecule has 1 saturated heterocycles. The molecule has 1 N–H and O–H groups in total. The van der Waals surface area contributed by atoms with Gasteiger partial charge >= 0.3 is 0 Å². The molecule has 3 nitrogen and oxygen atoms in total. The summed E-state index contributed by atoms with van der Waals surface area (Å²) in [5.41, 5.74) is 2.45. The molecule has 2 aliphatic heterocycles. The van der Waals surface area contributed by atoms with Crippen LogP contribution in [0.4, 0.5) is 5.69 Å². The third-order valence-corrected chi connectivity index (χ3v) is 3.53. The third-order valence-electron chi connectivity index (χ3n) is 3.53. The van der Waals surface area contributed by atoms with E-state index in [2.05, 4.69) is 23.5 Å². The maximum absolute atomic E-state index is 12.0. The quantitative estimate of drug-likeness (QED) is 0.768. The molecule has 3 heteroatoms. The Bertz CT molecular complexity index is 410. The maximum Gasteiger partial charge on any atom is 0.227 e. The second-order valence-electron chi connectivity index (χ2n) is 4.54. The van der Waals surface area contributed by atoms with Crippen LogP contribution >= 0.6 is 0 Å². The molecular weight excluding hydrogens is 200 g/mol. The minimum Gasteiger partial charge on any atom is -0.315 e. The van der Waals surface area contributed by atoms with Crippen molar-refractivity contribution < 1.29 is 4.79 Å². The van der Waals surface area contributed by atoms with Crippen molar-refractivity contribution in [2.45, 2.75) is 25.3 Å². The topological polar surface area (TPSA) is 32.3 Å². The van der Waals surface area contributed by atoms with E-state index in [1.54, 1.807) is 0 Å². The molecule has 84 valence electrons. The molecule has 0 aliphatic carbocycles. The number of hydrogen-bond donors (Lipinski definition) is 1. The zero-order chi connectivity index (χ0) is 11.0. The van der Waals surface area contributed by atoms with E-state index in [0.29, 0.717) is 12.5 Å².